The topological polar surface area (TPSA) is 49.3 Å². The Balaban J connectivity index is 2.17. The lowest BCUT2D eigenvalue weighted by Gasteiger charge is -2.28. The average Bonchev–Trinajstić information content (AvgIpc) is 2.93. The SMILES string of the molecule is COc1cc2c(c(OC)c1OC)CC[C@H]1C=NO[C@H]21. The molecule has 5 nitrogen and oxygen atoms in total. The molecule has 5 heteroatoms. The molecule has 0 unspecified atom stereocenters. The second-order valence-corrected chi connectivity index (χ2v) is 4.70. The number of ether oxygens (including phenoxy) is 3. The van der Waals surface area contributed by atoms with Gasteiger partial charge in [-0.1, -0.05) is 5.16 Å². The minimum Gasteiger partial charge on any atom is -0.493 e. The van der Waals surface area contributed by atoms with Crippen LogP contribution in [0, 0.1) is 5.92 Å². The van der Waals surface area contributed by atoms with Crippen molar-refractivity contribution < 1.29 is 19.0 Å². The van der Waals surface area contributed by atoms with Gasteiger partial charge >= 0.3 is 0 Å². The van der Waals surface area contributed by atoms with Gasteiger partial charge in [0.1, 0.15) is 0 Å². The van der Waals surface area contributed by atoms with Crippen molar-refractivity contribution in [2.24, 2.45) is 11.1 Å². The zero-order valence-corrected chi connectivity index (χ0v) is 11.3. The van der Waals surface area contributed by atoms with Crippen LogP contribution in [0.1, 0.15) is 23.7 Å². The van der Waals surface area contributed by atoms with Crippen LogP contribution in [0.4, 0.5) is 0 Å². The summed E-state index contributed by atoms with van der Waals surface area (Å²) in [6.45, 7) is 0. The molecule has 1 aliphatic heterocycles. The van der Waals surface area contributed by atoms with E-state index in [2.05, 4.69) is 5.16 Å². The second-order valence-electron chi connectivity index (χ2n) is 4.70. The predicted molar refractivity (Wildman–Crippen MR) is 70.2 cm³/mol. The first-order chi connectivity index (χ1) is 9.30. The molecule has 0 N–H and O–H groups in total. The van der Waals surface area contributed by atoms with Gasteiger partial charge in [-0.25, -0.2) is 0 Å². The largest absolute Gasteiger partial charge is 0.493 e. The van der Waals surface area contributed by atoms with Gasteiger partial charge in [0.05, 0.1) is 27.5 Å². The number of nitrogens with zero attached hydrogens (tertiary/aromatic N) is 1. The molecular weight excluding hydrogens is 246 g/mol. The number of oxime groups is 1. The van der Waals surface area contributed by atoms with Crippen molar-refractivity contribution in [1.82, 2.24) is 0 Å². The van der Waals surface area contributed by atoms with Gasteiger partial charge in [-0.2, -0.15) is 0 Å². The van der Waals surface area contributed by atoms with Crippen molar-refractivity contribution in [2.75, 3.05) is 21.3 Å². The Morgan fingerprint density at radius 3 is 2.63 bits per heavy atom. The van der Waals surface area contributed by atoms with Crippen molar-refractivity contribution >= 4 is 6.21 Å². The van der Waals surface area contributed by atoms with Crippen LogP contribution in [-0.4, -0.2) is 27.5 Å². The maximum Gasteiger partial charge on any atom is 0.203 e. The maximum absolute atomic E-state index is 5.52. The molecule has 1 aromatic carbocycles. The Kier molecular flexibility index (Phi) is 2.97. The van der Waals surface area contributed by atoms with Crippen molar-refractivity contribution in [2.45, 2.75) is 18.9 Å². The lowest BCUT2D eigenvalue weighted by Crippen LogP contribution is -2.20. The third kappa shape index (κ3) is 1.72. The lowest BCUT2D eigenvalue weighted by molar-refractivity contribution is 0.0535. The quantitative estimate of drug-likeness (QED) is 0.839. The molecule has 1 aromatic rings. The molecule has 0 fully saturated rings. The highest BCUT2D eigenvalue weighted by atomic mass is 16.6. The van der Waals surface area contributed by atoms with Crippen molar-refractivity contribution in [3.05, 3.63) is 17.2 Å². The fraction of sp³-hybridized carbons (Fsp3) is 0.500. The summed E-state index contributed by atoms with van der Waals surface area (Å²) in [7, 11) is 4.89. The number of methoxy groups -OCH3 is 3. The van der Waals surface area contributed by atoms with E-state index in [0.29, 0.717) is 17.4 Å². The highest BCUT2D eigenvalue weighted by Gasteiger charge is 2.37. The molecule has 0 aromatic heterocycles. The van der Waals surface area contributed by atoms with Crippen LogP contribution in [0.2, 0.25) is 0 Å². The van der Waals surface area contributed by atoms with Crippen LogP contribution in [0.5, 0.6) is 17.2 Å². The van der Waals surface area contributed by atoms with Gasteiger partial charge in [-0.3, -0.25) is 0 Å². The Bertz CT molecular complexity index is 527. The fourth-order valence-corrected chi connectivity index (χ4v) is 2.91. The molecule has 0 spiro atoms. The molecule has 3 rings (SSSR count). The van der Waals surface area contributed by atoms with E-state index in [9.17, 15) is 0 Å². The first-order valence-corrected chi connectivity index (χ1v) is 6.31. The van der Waals surface area contributed by atoms with Gasteiger partial charge in [0, 0.05) is 17.0 Å². The molecule has 0 bridgehead atoms. The fourth-order valence-electron chi connectivity index (χ4n) is 2.91. The van der Waals surface area contributed by atoms with E-state index in [1.165, 1.54) is 0 Å². The predicted octanol–water partition coefficient (Wildman–Crippen LogP) is 2.33. The van der Waals surface area contributed by atoms with E-state index < -0.39 is 0 Å². The van der Waals surface area contributed by atoms with Gasteiger partial charge in [0.2, 0.25) is 5.75 Å². The maximum atomic E-state index is 5.52. The van der Waals surface area contributed by atoms with Gasteiger partial charge in [-0.15, -0.1) is 0 Å². The van der Waals surface area contributed by atoms with Crippen LogP contribution in [0.3, 0.4) is 0 Å². The summed E-state index contributed by atoms with van der Waals surface area (Å²) in [6, 6.07) is 1.97. The average molecular weight is 263 g/mol. The minimum atomic E-state index is -0.0301. The molecule has 19 heavy (non-hydrogen) atoms. The third-order valence-corrected chi connectivity index (χ3v) is 3.82. The normalized spacial score (nSPS) is 23.3. The van der Waals surface area contributed by atoms with E-state index in [1.54, 1.807) is 21.3 Å². The molecule has 1 heterocycles. The Morgan fingerprint density at radius 1 is 1.16 bits per heavy atom. The Morgan fingerprint density at radius 2 is 1.95 bits per heavy atom. The zero-order valence-electron chi connectivity index (χ0n) is 11.3. The summed E-state index contributed by atoms with van der Waals surface area (Å²) < 4.78 is 16.3. The van der Waals surface area contributed by atoms with E-state index in [1.807, 2.05) is 12.3 Å². The van der Waals surface area contributed by atoms with E-state index in [-0.39, 0.29) is 6.10 Å². The smallest absolute Gasteiger partial charge is 0.203 e. The standard InChI is InChI=1S/C14H17NO4/c1-16-11-6-10-9(13(17-2)14(11)18-3)5-4-8-7-15-19-12(8)10/h6-8,12H,4-5H2,1-3H3/t8-,12-/m0/s1. The molecule has 0 saturated heterocycles. The minimum absolute atomic E-state index is 0.0301. The van der Waals surface area contributed by atoms with Gasteiger partial charge in [0.25, 0.3) is 0 Å². The summed E-state index contributed by atoms with van der Waals surface area (Å²) in [5.74, 6) is 2.39. The number of fused-ring (bicyclic) bond motifs is 3. The number of rotatable bonds is 3. The first kappa shape index (κ1) is 12.1. The zero-order chi connectivity index (χ0) is 13.4. The summed E-state index contributed by atoms with van der Waals surface area (Å²) in [5, 5.41) is 3.94. The van der Waals surface area contributed by atoms with Crippen molar-refractivity contribution in [3.63, 3.8) is 0 Å². The molecule has 0 radical (unpaired) electrons. The molecule has 0 saturated carbocycles. The molecule has 1 aliphatic carbocycles. The van der Waals surface area contributed by atoms with E-state index in [0.717, 1.165) is 29.7 Å². The monoisotopic (exact) mass is 263 g/mol. The third-order valence-electron chi connectivity index (χ3n) is 3.82. The van der Waals surface area contributed by atoms with Gasteiger partial charge in [-0.05, 0) is 18.9 Å². The second kappa shape index (κ2) is 4.64. The van der Waals surface area contributed by atoms with E-state index in [4.69, 9.17) is 19.0 Å². The van der Waals surface area contributed by atoms with Gasteiger partial charge in [0.15, 0.2) is 17.6 Å². The highest BCUT2D eigenvalue weighted by molar-refractivity contribution is 5.67. The first-order valence-electron chi connectivity index (χ1n) is 6.31. The van der Waals surface area contributed by atoms with E-state index >= 15 is 0 Å². The summed E-state index contributed by atoms with van der Waals surface area (Å²) >= 11 is 0. The summed E-state index contributed by atoms with van der Waals surface area (Å²) in [6.07, 6.45) is 3.79. The molecule has 2 atom stereocenters. The van der Waals surface area contributed by atoms with Crippen LogP contribution in [-0.2, 0) is 11.3 Å². The van der Waals surface area contributed by atoms with Crippen LogP contribution in [0.15, 0.2) is 11.2 Å². The summed E-state index contributed by atoms with van der Waals surface area (Å²) in [5.41, 5.74) is 2.22. The molecule has 2 aliphatic rings. The number of hydrogen-bond acceptors (Lipinski definition) is 5. The Labute approximate surface area is 112 Å². The lowest BCUT2D eigenvalue weighted by atomic mass is 9.81. The highest BCUT2D eigenvalue weighted by Crippen LogP contribution is 2.49. The molecular formula is C14H17NO4. The number of benzene rings is 1. The van der Waals surface area contributed by atoms with Crippen molar-refractivity contribution in [1.29, 1.82) is 0 Å². The van der Waals surface area contributed by atoms with Gasteiger partial charge < -0.3 is 19.0 Å². The molecule has 102 valence electrons. The van der Waals surface area contributed by atoms with Crippen LogP contribution in [0.25, 0.3) is 0 Å². The molecule has 0 amide bonds. The Hall–Kier alpha value is -1.91. The number of hydrogen-bond donors (Lipinski definition) is 0. The van der Waals surface area contributed by atoms with Crippen LogP contribution >= 0.6 is 0 Å². The summed E-state index contributed by atoms with van der Waals surface area (Å²) in [4.78, 5) is 5.47. The van der Waals surface area contributed by atoms with Crippen molar-refractivity contribution in [3.8, 4) is 17.2 Å². The van der Waals surface area contributed by atoms with Crippen LogP contribution < -0.4 is 14.2 Å².